The predicted molar refractivity (Wildman–Crippen MR) is 69.1 cm³/mol. The van der Waals surface area contributed by atoms with Crippen molar-refractivity contribution < 1.29 is 18.3 Å². The fourth-order valence-corrected chi connectivity index (χ4v) is 2.21. The molecule has 1 unspecified atom stereocenters. The zero-order valence-corrected chi connectivity index (χ0v) is 11.8. The van der Waals surface area contributed by atoms with Crippen LogP contribution in [0, 0.1) is 0 Å². The van der Waals surface area contributed by atoms with Crippen LogP contribution in [0.25, 0.3) is 0 Å². The minimum absolute atomic E-state index is 0.0227. The Kier molecular flexibility index (Phi) is 6.08. The van der Waals surface area contributed by atoms with Crippen LogP contribution in [0.4, 0.5) is 13.2 Å². The maximum atomic E-state index is 12.3. The van der Waals surface area contributed by atoms with E-state index in [1.54, 1.807) is 6.92 Å². The van der Waals surface area contributed by atoms with E-state index in [-0.39, 0.29) is 12.1 Å². The van der Waals surface area contributed by atoms with Gasteiger partial charge < -0.3 is 10.4 Å². The Hall–Kier alpha value is -0.330. The van der Waals surface area contributed by atoms with Gasteiger partial charge in [-0.25, -0.2) is 0 Å². The van der Waals surface area contributed by atoms with Gasteiger partial charge in [0.15, 0.2) is 0 Å². The zero-order valence-electron chi connectivity index (χ0n) is 11.8. The van der Waals surface area contributed by atoms with Gasteiger partial charge in [-0.3, -0.25) is 4.90 Å². The van der Waals surface area contributed by atoms with Crippen molar-refractivity contribution >= 4 is 0 Å². The summed E-state index contributed by atoms with van der Waals surface area (Å²) in [5, 5.41) is 12.8. The summed E-state index contributed by atoms with van der Waals surface area (Å²) in [5.74, 6) is 0. The molecule has 2 N–H and O–H groups in total. The first-order valence-electron chi connectivity index (χ1n) is 6.95. The monoisotopic (exact) mass is 282 g/mol. The molecule has 3 nitrogen and oxygen atoms in total. The van der Waals surface area contributed by atoms with Gasteiger partial charge in [-0.2, -0.15) is 13.2 Å². The number of halogens is 3. The predicted octanol–water partition coefficient (Wildman–Crippen LogP) is 2.15. The number of hydrogen-bond donors (Lipinski definition) is 2. The second kappa shape index (κ2) is 6.90. The number of hydrogen-bond acceptors (Lipinski definition) is 3. The number of nitrogens with one attached hydrogen (secondary N) is 1. The highest BCUT2D eigenvalue weighted by molar-refractivity contribution is 4.92. The van der Waals surface area contributed by atoms with Gasteiger partial charge in [-0.15, -0.1) is 0 Å². The van der Waals surface area contributed by atoms with Gasteiger partial charge >= 0.3 is 6.18 Å². The number of nitrogens with zero attached hydrogens (tertiary/aromatic N) is 1. The van der Waals surface area contributed by atoms with E-state index in [1.165, 1.54) is 4.90 Å². The van der Waals surface area contributed by atoms with E-state index in [1.807, 2.05) is 6.92 Å². The van der Waals surface area contributed by atoms with Crippen LogP contribution in [-0.2, 0) is 0 Å². The van der Waals surface area contributed by atoms with Crippen LogP contribution in [0.2, 0.25) is 0 Å². The van der Waals surface area contributed by atoms with E-state index in [2.05, 4.69) is 5.32 Å². The van der Waals surface area contributed by atoms with Crippen molar-refractivity contribution in [2.75, 3.05) is 26.2 Å². The third-order valence-corrected chi connectivity index (χ3v) is 3.53. The van der Waals surface area contributed by atoms with Gasteiger partial charge in [0.05, 0.1) is 13.2 Å². The maximum Gasteiger partial charge on any atom is 0.401 e. The molecule has 1 atom stereocenters. The van der Waals surface area contributed by atoms with Crippen LogP contribution in [0.3, 0.4) is 0 Å². The Balaban J connectivity index is 2.29. The summed E-state index contributed by atoms with van der Waals surface area (Å²) in [5.41, 5.74) is -0.362. The number of alkyl halides is 3. The van der Waals surface area contributed by atoms with Crippen LogP contribution in [0.1, 0.15) is 39.5 Å². The summed E-state index contributed by atoms with van der Waals surface area (Å²) >= 11 is 0. The SMILES string of the molecule is CCN(CCCC(C)(CO)NC1CC1)CC(F)(F)F. The van der Waals surface area contributed by atoms with E-state index in [4.69, 9.17) is 0 Å². The molecule has 0 saturated heterocycles. The van der Waals surface area contributed by atoms with Gasteiger partial charge in [0, 0.05) is 11.6 Å². The van der Waals surface area contributed by atoms with Crippen LogP contribution < -0.4 is 5.32 Å². The van der Waals surface area contributed by atoms with Crippen LogP contribution in [0.5, 0.6) is 0 Å². The fourth-order valence-electron chi connectivity index (χ4n) is 2.21. The van der Waals surface area contributed by atoms with E-state index < -0.39 is 12.7 Å². The number of aliphatic hydroxyl groups excluding tert-OH is 1. The van der Waals surface area contributed by atoms with Crippen LogP contribution in [0.15, 0.2) is 0 Å². The van der Waals surface area contributed by atoms with Crippen molar-refractivity contribution in [3.63, 3.8) is 0 Å². The molecule has 0 heterocycles. The standard InChI is InChI=1S/C13H25F3N2O/c1-3-18(9-13(14,15)16)8-4-7-12(2,10-19)17-11-5-6-11/h11,17,19H,3-10H2,1-2H3. The highest BCUT2D eigenvalue weighted by Crippen LogP contribution is 2.25. The van der Waals surface area contributed by atoms with Gasteiger partial charge in [0.1, 0.15) is 0 Å². The van der Waals surface area contributed by atoms with Gasteiger partial charge in [0.25, 0.3) is 0 Å². The second-order valence-electron chi connectivity index (χ2n) is 5.72. The average molecular weight is 282 g/mol. The molecule has 1 saturated carbocycles. The van der Waals surface area contributed by atoms with E-state index in [9.17, 15) is 18.3 Å². The Labute approximate surface area is 113 Å². The topological polar surface area (TPSA) is 35.5 Å². The fraction of sp³-hybridized carbons (Fsp3) is 1.00. The van der Waals surface area contributed by atoms with Gasteiger partial charge in [-0.05, 0) is 45.7 Å². The van der Waals surface area contributed by atoms with Crippen LogP contribution >= 0.6 is 0 Å². The summed E-state index contributed by atoms with van der Waals surface area (Å²) in [7, 11) is 0. The summed E-state index contributed by atoms with van der Waals surface area (Å²) in [6.45, 7) is 3.65. The molecular formula is C13H25F3N2O. The lowest BCUT2D eigenvalue weighted by Gasteiger charge is -2.30. The zero-order chi connectivity index (χ0) is 14.5. The molecule has 0 aromatic carbocycles. The van der Waals surface area contributed by atoms with Gasteiger partial charge in [0.2, 0.25) is 0 Å². The smallest absolute Gasteiger partial charge is 0.394 e. The third kappa shape index (κ3) is 7.13. The minimum Gasteiger partial charge on any atom is -0.394 e. The molecule has 0 spiro atoms. The van der Waals surface area contributed by atoms with Crippen molar-refractivity contribution in [1.82, 2.24) is 10.2 Å². The lowest BCUT2D eigenvalue weighted by atomic mass is 9.96. The lowest BCUT2D eigenvalue weighted by Crippen LogP contribution is -2.47. The Morgan fingerprint density at radius 2 is 1.95 bits per heavy atom. The van der Waals surface area contributed by atoms with Crippen molar-refractivity contribution in [1.29, 1.82) is 0 Å². The first-order valence-corrected chi connectivity index (χ1v) is 6.95. The molecule has 1 fully saturated rings. The molecule has 1 rings (SSSR count). The number of rotatable bonds is 9. The Bertz CT molecular complexity index is 269. The first-order chi connectivity index (χ1) is 8.78. The second-order valence-corrected chi connectivity index (χ2v) is 5.72. The summed E-state index contributed by atoms with van der Waals surface area (Å²) in [4.78, 5) is 1.40. The molecule has 0 bridgehead atoms. The molecule has 0 aliphatic heterocycles. The molecule has 1 aliphatic rings. The summed E-state index contributed by atoms with van der Waals surface area (Å²) in [6, 6.07) is 0.481. The molecule has 114 valence electrons. The molecular weight excluding hydrogens is 257 g/mol. The average Bonchev–Trinajstić information content (AvgIpc) is 3.10. The molecule has 0 aromatic rings. The minimum atomic E-state index is -4.14. The van der Waals surface area contributed by atoms with Crippen molar-refractivity contribution in [3.8, 4) is 0 Å². The lowest BCUT2D eigenvalue weighted by molar-refractivity contribution is -0.145. The molecule has 6 heteroatoms. The quantitative estimate of drug-likeness (QED) is 0.680. The largest absolute Gasteiger partial charge is 0.401 e. The normalized spacial score (nSPS) is 19.7. The Morgan fingerprint density at radius 3 is 2.37 bits per heavy atom. The molecule has 1 aliphatic carbocycles. The molecule has 0 amide bonds. The highest BCUT2D eigenvalue weighted by Gasteiger charge is 2.33. The van der Waals surface area contributed by atoms with Crippen molar-refractivity contribution in [2.24, 2.45) is 0 Å². The Morgan fingerprint density at radius 1 is 1.32 bits per heavy atom. The molecule has 0 radical (unpaired) electrons. The van der Waals surface area contributed by atoms with Crippen molar-refractivity contribution in [3.05, 3.63) is 0 Å². The third-order valence-electron chi connectivity index (χ3n) is 3.53. The van der Waals surface area contributed by atoms with E-state index in [0.29, 0.717) is 32.0 Å². The first kappa shape index (κ1) is 16.7. The summed E-state index contributed by atoms with van der Waals surface area (Å²) < 4.78 is 36.9. The highest BCUT2D eigenvalue weighted by atomic mass is 19.4. The summed E-state index contributed by atoms with van der Waals surface area (Å²) in [6.07, 6.45) is -0.535. The van der Waals surface area contributed by atoms with Crippen LogP contribution in [-0.4, -0.2) is 54.0 Å². The molecule has 19 heavy (non-hydrogen) atoms. The van der Waals surface area contributed by atoms with Crippen molar-refractivity contribution in [2.45, 2.75) is 57.3 Å². The molecule has 0 aromatic heterocycles. The number of aliphatic hydroxyl groups is 1. The van der Waals surface area contributed by atoms with Gasteiger partial charge in [-0.1, -0.05) is 6.92 Å². The maximum absolute atomic E-state index is 12.3. The van der Waals surface area contributed by atoms with E-state index >= 15 is 0 Å². The van der Waals surface area contributed by atoms with E-state index in [0.717, 1.165) is 12.8 Å².